The van der Waals surface area contributed by atoms with Gasteiger partial charge in [0.15, 0.2) is 12.4 Å². The molecule has 9 N–H and O–H groups in total. The molecule has 0 bridgehead atoms. The topological polar surface area (TPSA) is 289 Å². The number of allylic oxidation sites excluding steroid dienone is 2. The van der Waals surface area contributed by atoms with Gasteiger partial charge in [-0.1, -0.05) is 161 Å². The minimum Gasteiger partial charge on any atom is -0.462 e. The summed E-state index contributed by atoms with van der Waals surface area (Å²) in [6.45, 7) is 2.22. The SMILES string of the molecule is CCCCCCCCC=CCCCCCC(=O)OC(COC(=O)CCCCCCCCCCCCCCCCCC)COP(=O)(O)OC1C(O)C(O)C(O)C(O)C1OC1OC(CO)C(O)C(O)C1O. The predicted molar refractivity (Wildman–Crippen MR) is 259 cm³/mol. The number of carbonyl (C=O) groups is 2. The van der Waals surface area contributed by atoms with Gasteiger partial charge in [-0.05, 0) is 38.5 Å². The molecule has 1 saturated carbocycles. The van der Waals surface area contributed by atoms with Crippen LogP contribution in [0.4, 0.5) is 0 Å². The van der Waals surface area contributed by atoms with Gasteiger partial charge in [0.25, 0.3) is 0 Å². The Balaban J connectivity index is 1.92. The Hall–Kier alpha value is -1.61. The number of rotatable bonds is 41. The third-order valence-electron chi connectivity index (χ3n) is 13.0. The zero-order valence-corrected chi connectivity index (χ0v) is 42.8. The summed E-state index contributed by atoms with van der Waals surface area (Å²) in [6, 6.07) is 0. The second kappa shape index (κ2) is 38.0. The summed E-state index contributed by atoms with van der Waals surface area (Å²) in [7, 11) is -5.37. The number of phosphoric ester groups is 1. The van der Waals surface area contributed by atoms with Crippen molar-refractivity contribution < 1.29 is 87.9 Å². The Morgan fingerprint density at radius 3 is 1.45 bits per heavy atom. The van der Waals surface area contributed by atoms with Crippen molar-refractivity contribution in [2.45, 2.75) is 273 Å². The second-order valence-corrected chi connectivity index (χ2v) is 20.5. The van der Waals surface area contributed by atoms with Crippen LogP contribution in [0.3, 0.4) is 0 Å². The van der Waals surface area contributed by atoms with E-state index in [2.05, 4.69) is 26.0 Å². The van der Waals surface area contributed by atoms with Gasteiger partial charge in [-0.3, -0.25) is 18.6 Å². The van der Waals surface area contributed by atoms with E-state index in [9.17, 15) is 59.9 Å². The normalized spacial score (nSPS) is 27.6. The van der Waals surface area contributed by atoms with E-state index in [1.165, 1.54) is 109 Å². The van der Waals surface area contributed by atoms with E-state index in [4.69, 9.17) is 28.0 Å². The van der Waals surface area contributed by atoms with E-state index in [1.54, 1.807) is 0 Å². The zero-order chi connectivity index (χ0) is 50.9. The van der Waals surface area contributed by atoms with Gasteiger partial charge in [0.1, 0.15) is 67.6 Å². The van der Waals surface area contributed by atoms with E-state index in [-0.39, 0.29) is 12.8 Å². The lowest BCUT2D eigenvalue weighted by molar-refractivity contribution is -0.338. The van der Waals surface area contributed by atoms with Gasteiger partial charge in [0, 0.05) is 12.8 Å². The van der Waals surface area contributed by atoms with Crippen molar-refractivity contribution in [3.63, 3.8) is 0 Å². The van der Waals surface area contributed by atoms with Crippen LogP contribution in [0, 0.1) is 0 Å². The maximum Gasteiger partial charge on any atom is 0.472 e. The van der Waals surface area contributed by atoms with Crippen LogP contribution >= 0.6 is 7.82 Å². The molecule has 13 unspecified atom stereocenters. The second-order valence-electron chi connectivity index (χ2n) is 19.1. The Morgan fingerprint density at radius 1 is 0.536 bits per heavy atom. The molecule has 2 rings (SSSR count). The molecule has 406 valence electrons. The van der Waals surface area contributed by atoms with Gasteiger partial charge >= 0.3 is 19.8 Å². The number of hydrogen-bond acceptors (Lipinski definition) is 17. The van der Waals surface area contributed by atoms with Gasteiger partial charge in [-0.25, -0.2) is 4.57 Å². The Labute approximate surface area is 412 Å². The van der Waals surface area contributed by atoms with E-state index >= 15 is 0 Å². The first-order chi connectivity index (χ1) is 33.2. The van der Waals surface area contributed by atoms with E-state index < -0.39 is 113 Å². The molecule has 1 heterocycles. The summed E-state index contributed by atoms with van der Waals surface area (Å²) >= 11 is 0. The molecule has 0 spiro atoms. The van der Waals surface area contributed by atoms with Crippen molar-refractivity contribution in [3.8, 4) is 0 Å². The molecule has 0 radical (unpaired) electrons. The Kier molecular flexibility index (Phi) is 35.0. The van der Waals surface area contributed by atoms with Crippen LogP contribution in [0.15, 0.2) is 12.2 Å². The van der Waals surface area contributed by atoms with Crippen LogP contribution in [0.25, 0.3) is 0 Å². The van der Waals surface area contributed by atoms with Crippen LogP contribution in [0.5, 0.6) is 0 Å². The highest BCUT2D eigenvalue weighted by atomic mass is 31.2. The highest BCUT2D eigenvalue weighted by molar-refractivity contribution is 7.47. The standard InChI is InChI=1S/C50H93O18P/c1-3-5-7-9-11-13-15-17-18-19-21-22-24-26-28-30-32-39(52)63-35-37(65-40(53)33-31-29-27-25-23-20-16-14-12-10-8-6-4-2)36-64-69(61,62)68-49-46(59)44(57)43(56)45(58)48(49)67-50-47(60)42(55)41(54)38(34-51)66-50/h20,23,37-38,41-51,54-60H,3-19,21-22,24-36H2,1-2H3,(H,61,62). The largest absolute Gasteiger partial charge is 0.472 e. The predicted octanol–water partition coefficient (Wildman–Crippen LogP) is 6.49. The highest BCUT2D eigenvalue weighted by Gasteiger charge is 2.55. The number of carbonyl (C=O) groups excluding carboxylic acids is 2. The van der Waals surface area contributed by atoms with Crippen molar-refractivity contribution in [3.05, 3.63) is 12.2 Å². The van der Waals surface area contributed by atoms with Crippen molar-refractivity contribution in [1.29, 1.82) is 0 Å². The molecular formula is C50H93O18P. The molecule has 0 aromatic carbocycles. The molecule has 1 aliphatic heterocycles. The third-order valence-corrected chi connectivity index (χ3v) is 14.0. The maximum atomic E-state index is 13.4. The van der Waals surface area contributed by atoms with Gasteiger partial charge in [-0.15, -0.1) is 0 Å². The van der Waals surface area contributed by atoms with Crippen molar-refractivity contribution >= 4 is 19.8 Å². The molecule has 1 saturated heterocycles. The molecule has 19 heteroatoms. The fraction of sp³-hybridized carbons (Fsp3) is 0.920. The molecule has 0 aromatic rings. The lowest BCUT2D eigenvalue weighted by Gasteiger charge is -2.47. The first kappa shape index (κ1) is 63.5. The van der Waals surface area contributed by atoms with Crippen molar-refractivity contribution in [2.75, 3.05) is 19.8 Å². The Morgan fingerprint density at radius 2 is 0.957 bits per heavy atom. The average molecular weight is 1010 g/mol. The maximum absolute atomic E-state index is 13.4. The highest BCUT2D eigenvalue weighted by Crippen LogP contribution is 2.48. The summed E-state index contributed by atoms with van der Waals surface area (Å²) in [5, 5.41) is 83.0. The lowest BCUT2D eigenvalue weighted by atomic mass is 9.84. The number of ether oxygens (including phenoxy) is 4. The van der Waals surface area contributed by atoms with E-state index in [1.807, 2.05) is 0 Å². The van der Waals surface area contributed by atoms with E-state index in [0.717, 1.165) is 51.4 Å². The van der Waals surface area contributed by atoms with Crippen LogP contribution in [-0.2, 0) is 42.1 Å². The third kappa shape index (κ3) is 26.8. The minimum atomic E-state index is -5.37. The quantitative estimate of drug-likeness (QED) is 0.0137. The summed E-state index contributed by atoms with van der Waals surface area (Å²) in [4.78, 5) is 36.6. The van der Waals surface area contributed by atoms with Crippen LogP contribution in [0.2, 0.25) is 0 Å². The molecule has 1 aliphatic carbocycles. The van der Waals surface area contributed by atoms with Crippen molar-refractivity contribution in [2.24, 2.45) is 0 Å². The fourth-order valence-corrected chi connectivity index (χ4v) is 9.55. The summed E-state index contributed by atoms with van der Waals surface area (Å²) in [5.41, 5.74) is 0. The summed E-state index contributed by atoms with van der Waals surface area (Å²) in [6.07, 6.45) is 11.5. The number of phosphoric acid groups is 1. The molecule has 69 heavy (non-hydrogen) atoms. The number of esters is 2. The van der Waals surface area contributed by atoms with Gasteiger partial charge < -0.3 is 64.7 Å². The van der Waals surface area contributed by atoms with E-state index in [0.29, 0.717) is 12.8 Å². The molecule has 13 atom stereocenters. The number of unbranched alkanes of at least 4 members (excludes halogenated alkanes) is 24. The first-order valence-corrected chi connectivity index (χ1v) is 28.0. The molecule has 2 aliphatic rings. The van der Waals surface area contributed by atoms with Gasteiger partial charge in [-0.2, -0.15) is 0 Å². The molecular weight excluding hydrogens is 920 g/mol. The monoisotopic (exact) mass is 1010 g/mol. The Bertz CT molecular complexity index is 1390. The van der Waals surface area contributed by atoms with Gasteiger partial charge in [0.2, 0.25) is 0 Å². The van der Waals surface area contributed by atoms with Crippen LogP contribution < -0.4 is 0 Å². The fourth-order valence-electron chi connectivity index (χ4n) is 8.58. The molecule has 0 aromatic heterocycles. The number of aliphatic hydroxyl groups is 8. The lowest BCUT2D eigenvalue weighted by Crippen LogP contribution is -2.67. The molecule has 0 amide bonds. The number of aliphatic hydroxyl groups excluding tert-OH is 8. The minimum absolute atomic E-state index is 0.0156. The first-order valence-electron chi connectivity index (χ1n) is 26.5. The van der Waals surface area contributed by atoms with Crippen molar-refractivity contribution in [1.82, 2.24) is 0 Å². The number of hydrogen-bond donors (Lipinski definition) is 9. The van der Waals surface area contributed by atoms with Crippen LogP contribution in [0.1, 0.15) is 200 Å². The molecule has 2 fully saturated rings. The molecule has 18 nitrogen and oxygen atoms in total. The smallest absolute Gasteiger partial charge is 0.462 e. The summed E-state index contributed by atoms with van der Waals surface area (Å²) < 4.78 is 45.5. The zero-order valence-electron chi connectivity index (χ0n) is 41.9. The summed E-state index contributed by atoms with van der Waals surface area (Å²) in [5.74, 6) is -1.23. The average Bonchev–Trinajstić information content (AvgIpc) is 3.33. The van der Waals surface area contributed by atoms with Gasteiger partial charge in [0.05, 0.1) is 13.2 Å². The van der Waals surface area contributed by atoms with Crippen LogP contribution in [-0.4, -0.2) is 151 Å².